The van der Waals surface area contributed by atoms with Crippen molar-refractivity contribution in [1.82, 2.24) is 5.32 Å². The minimum Gasteiger partial charge on any atom is -0.355 e. The van der Waals surface area contributed by atoms with Crippen LogP contribution in [0.4, 0.5) is 0 Å². The van der Waals surface area contributed by atoms with E-state index >= 15 is 0 Å². The molecule has 80 valence electrons. The maximum Gasteiger partial charge on any atom is 0.227 e. The summed E-state index contributed by atoms with van der Waals surface area (Å²) in [6.07, 6.45) is 2.40. The predicted molar refractivity (Wildman–Crippen MR) is 58.4 cm³/mol. The highest BCUT2D eigenvalue weighted by molar-refractivity contribution is 7.99. The van der Waals surface area contributed by atoms with Crippen LogP contribution >= 0.6 is 11.8 Å². The topological polar surface area (TPSA) is 46.2 Å². The van der Waals surface area contributed by atoms with Crippen LogP contribution in [0.25, 0.3) is 0 Å². The quantitative estimate of drug-likeness (QED) is 0.717. The van der Waals surface area contributed by atoms with Crippen molar-refractivity contribution in [3.63, 3.8) is 0 Å². The van der Waals surface area contributed by atoms with Crippen LogP contribution in [-0.4, -0.2) is 29.7 Å². The van der Waals surface area contributed by atoms with Crippen LogP contribution in [0.15, 0.2) is 0 Å². The average molecular weight is 215 g/mol. The summed E-state index contributed by atoms with van der Waals surface area (Å²) >= 11 is 1.98. The highest BCUT2D eigenvalue weighted by Gasteiger charge is 2.14. The maximum atomic E-state index is 11.2. The van der Waals surface area contributed by atoms with Crippen LogP contribution in [0.1, 0.15) is 26.2 Å². The van der Waals surface area contributed by atoms with Crippen LogP contribution in [0.2, 0.25) is 0 Å². The molecule has 1 fully saturated rings. The second-order valence-electron chi connectivity index (χ2n) is 3.74. The van der Waals surface area contributed by atoms with Gasteiger partial charge in [-0.05, 0) is 37.2 Å². The number of hydrogen-bond acceptors (Lipinski definition) is 3. The molecule has 0 aromatic rings. The van der Waals surface area contributed by atoms with Crippen molar-refractivity contribution in [3.05, 3.63) is 0 Å². The Bertz CT molecular complexity index is 212. The largest absolute Gasteiger partial charge is 0.355 e. The summed E-state index contributed by atoms with van der Waals surface area (Å²) < 4.78 is 0. The van der Waals surface area contributed by atoms with E-state index in [4.69, 9.17) is 0 Å². The Morgan fingerprint density at radius 2 is 2.00 bits per heavy atom. The Morgan fingerprint density at radius 1 is 1.36 bits per heavy atom. The molecule has 3 nitrogen and oxygen atoms in total. The Labute approximate surface area is 89.0 Å². The SMILES string of the molecule is CC(=O)CC(=O)NCC1CCSCC1. The lowest BCUT2D eigenvalue weighted by Crippen LogP contribution is -2.31. The molecule has 1 heterocycles. The highest BCUT2D eigenvalue weighted by Crippen LogP contribution is 2.21. The van der Waals surface area contributed by atoms with Gasteiger partial charge in [0.25, 0.3) is 0 Å². The summed E-state index contributed by atoms with van der Waals surface area (Å²) in [6, 6.07) is 0. The molecule has 0 atom stereocenters. The Kier molecular flexibility index (Phi) is 5.01. The summed E-state index contributed by atoms with van der Waals surface area (Å²) in [5.41, 5.74) is 0. The lowest BCUT2D eigenvalue weighted by atomic mass is 10.0. The van der Waals surface area contributed by atoms with E-state index < -0.39 is 0 Å². The molecular formula is C10H17NO2S. The third-order valence-electron chi connectivity index (χ3n) is 2.34. The fourth-order valence-electron chi connectivity index (χ4n) is 1.50. The van der Waals surface area contributed by atoms with Crippen molar-refractivity contribution in [2.24, 2.45) is 5.92 Å². The van der Waals surface area contributed by atoms with Gasteiger partial charge in [0.1, 0.15) is 5.78 Å². The predicted octanol–water partition coefficient (Wildman–Crippen LogP) is 1.22. The molecule has 1 N–H and O–H groups in total. The van der Waals surface area contributed by atoms with Gasteiger partial charge in [0.15, 0.2) is 0 Å². The van der Waals surface area contributed by atoms with Gasteiger partial charge in [0, 0.05) is 6.54 Å². The molecule has 0 spiro atoms. The van der Waals surface area contributed by atoms with Crippen molar-refractivity contribution in [1.29, 1.82) is 0 Å². The molecule has 0 aromatic heterocycles. The summed E-state index contributed by atoms with van der Waals surface area (Å²) in [7, 11) is 0. The van der Waals surface area contributed by atoms with E-state index in [9.17, 15) is 9.59 Å². The number of amides is 1. The summed E-state index contributed by atoms with van der Waals surface area (Å²) in [4.78, 5) is 21.8. The van der Waals surface area contributed by atoms with Gasteiger partial charge >= 0.3 is 0 Å². The number of ketones is 1. The van der Waals surface area contributed by atoms with Gasteiger partial charge in [-0.25, -0.2) is 0 Å². The lowest BCUT2D eigenvalue weighted by Gasteiger charge is -2.21. The Morgan fingerprint density at radius 3 is 2.57 bits per heavy atom. The number of carbonyl (C=O) groups excluding carboxylic acids is 2. The standard InChI is InChI=1S/C10H17NO2S/c1-8(12)6-10(13)11-7-9-2-4-14-5-3-9/h9H,2-7H2,1H3,(H,11,13). The molecule has 0 radical (unpaired) electrons. The van der Waals surface area contributed by atoms with E-state index in [1.807, 2.05) is 11.8 Å². The molecular weight excluding hydrogens is 198 g/mol. The molecule has 0 aromatic carbocycles. The molecule has 1 aliphatic heterocycles. The smallest absolute Gasteiger partial charge is 0.227 e. The van der Waals surface area contributed by atoms with Crippen LogP contribution in [0.3, 0.4) is 0 Å². The molecule has 1 saturated heterocycles. The average Bonchev–Trinajstić information content (AvgIpc) is 2.15. The first-order valence-corrected chi connectivity index (χ1v) is 6.18. The van der Waals surface area contributed by atoms with Gasteiger partial charge < -0.3 is 5.32 Å². The fourth-order valence-corrected chi connectivity index (χ4v) is 2.70. The number of thioether (sulfide) groups is 1. The zero-order valence-corrected chi connectivity index (χ0v) is 9.36. The summed E-state index contributed by atoms with van der Waals surface area (Å²) in [6.45, 7) is 2.18. The minimum atomic E-state index is -0.129. The van der Waals surface area contributed by atoms with Crippen molar-refractivity contribution in [2.75, 3.05) is 18.1 Å². The maximum absolute atomic E-state index is 11.2. The number of carbonyl (C=O) groups is 2. The Balaban J connectivity index is 2.12. The van der Waals surface area contributed by atoms with Gasteiger partial charge in [0.05, 0.1) is 6.42 Å². The second-order valence-corrected chi connectivity index (χ2v) is 4.96. The van der Waals surface area contributed by atoms with Gasteiger partial charge in [-0.3, -0.25) is 9.59 Å². The van der Waals surface area contributed by atoms with E-state index in [1.54, 1.807) is 0 Å². The second kappa shape index (κ2) is 6.06. The van der Waals surface area contributed by atoms with Crippen LogP contribution in [0, 0.1) is 5.92 Å². The third-order valence-corrected chi connectivity index (χ3v) is 3.39. The van der Waals surface area contributed by atoms with E-state index in [1.165, 1.54) is 31.3 Å². The normalized spacial score (nSPS) is 17.8. The molecule has 1 rings (SSSR count). The number of nitrogens with one attached hydrogen (secondary N) is 1. The number of rotatable bonds is 4. The molecule has 1 aliphatic rings. The molecule has 4 heteroatoms. The summed E-state index contributed by atoms with van der Waals surface area (Å²) in [5.74, 6) is 2.82. The molecule has 1 amide bonds. The first kappa shape index (κ1) is 11.6. The van der Waals surface area contributed by atoms with Gasteiger partial charge in [-0.2, -0.15) is 11.8 Å². The number of Topliss-reactive ketones (excluding diaryl/α,β-unsaturated/α-hetero) is 1. The summed E-state index contributed by atoms with van der Waals surface area (Å²) in [5, 5.41) is 2.81. The van der Waals surface area contributed by atoms with Crippen molar-refractivity contribution in [2.45, 2.75) is 26.2 Å². The van der Waals surface area contributed by atoms with Crippen molar-refractivity contribution >= 4 is 23.5 Å². The zero-order chi connectivity index (χ0) is 10.4. The zero-order valence-electron chi connectivity index (χ0n) is 8.54. The van der Waals surface area contributed by atoms with Gasteiger partial charge in [-0.1, -0.05) is 0 Å². The van der Waals surface area contributed by atoms with E-state index in [0.29, 0.717) is 5.92 Å². The fraction of sp³-hybridized carbons (Fsp3) is 0.800. The monoisotopic (exact) mass is 215 g/mol. The molecule has 0 saturated carbocycles. The molecule has 0 unspecified atom stereocenters. The molecule has 0 bridgehead atoms. The van der Waals surface area contributed by atoms with E-state index in [-0.39, 0.29) is 18.1 Å². The van der Waals surface area contributed by atoms with Crippen LogP contribution in [-0.2, 0) is 9.59 Å². The number of hydrogen-bond donors (Lipinski definition) is 1. The van der Waals surface area contributed by atoms with E-state index in [0.717, 1.165) is 6.54 Å². The molecule has 0 aliphatic carbocycles. The first-order valence-electron chi connectivity index (χ1n) is 5.02. The van der Waals surface area contributed by atoms with Crippen molar-refractivity contribution < 1.29 is 9.59 Å². The van der Waals surface area contributed by atoms with Gasteiger partial charge in [0.2, 0.25) is 5.91 Å². The van der Waals surface area contributed by atoms with Crippen LogP contribution in [0.5, 0.6) is 0 Å². The van der Waals surface area contributed by atoms with E-state index in [2.05, 4.69) is 5.32 Å². The highest BCUT2D eigenvalue weighted by atomic mass is 32.2. The minimum absolute atomic E-state index is 0.0292. The third kappa shape index (κ3) is 4.65. The lowest BCUT2D eigenvalue weighted by molar-refractivity contribution is -0.127. The Hall–Kier alpha value is -0.510. The molecule has 14 heavy (non-hydrogen) atoms. The van der Waals surface area contributed by atoms with Crippen LogP contribution < -0.4 is 5.32 Å². The van der Waals surface area contributed by atoms with Gasteiger partial charge in [-0.15, -0.1) is 0 Å². The first-order chi connectivity index (χ1) is 6.68. The van der Waals surface area contributed by atoms with Crippen molar-refractivity contribution in [3.8, 4) is 0 Å².